The zero-order valence-corrected chi connectivity index (χ0v) is 14.7. The van der Waals surface area contributed by atoms with Crippen molar-refractivity contribution >= 4 is 38.7 Å². The standard InChI is InChI=1S/C16H13ClN6OS/c1-9(10-2-4-13(24)5-3-10)14-20-21-16-23(14)22-15(25-16)19-12-6-11(17)7-18-8-12/h2-9,24H,1H3,(H,19,22)/t9-/m0/s1. The lowest BCUT2D eigenvalue weighted by Gasteiger charge is -2.08. The van der Waals surface area contributed by atoms with E-state index in [1.165, 1.54) is 11.3 Å². The summed E-state index contributed by atoms with van der Waals surface area (Å²) in [6, 6.07) is 8.82. The van der Waals surface area contributed by atoms with Gasteiger partial charge in [0.1, 0.15) is 5.75 Å². The molecule has 0 aliphatic rings. The summed E-state index contributed by atoms with van der Waals surface area (Å²) in [5, 5.41) is 26.8. The molecule has 4 rings (SSSR count). The van der Waals surface area contributed by atoms with Crippen LogP contribution in [0.4, 0.5) is 10.8 Å². The van der Waals surface area contributed by atoms with Crippen LogP contribution < -0.4 is 5.32 Å². The van der Waals surface area contributed by atoms with Crippen LogP contribution in [-0.2, 0) is 0 Å². The number of hydrogen-bond donors (Lipinski definition) is 2. The van der Waals surface area contributed by atoms with Crippen LogP contribution in [0.2, 0.25) is 5.02 Å². The van der Waals surface area contributed by atoms with Crippen molar-refractivity contribution < 1.29 is 5.11 Å². The van der Waals surface area contributed by atoms with E-state index in [0.29, 0.717) is 15.1 Å². The number of nitrogens with zero attached hydrogens (tertiary/aromatic N) is 5. The highest BCUT2D eigenvalue weighted by molar-refractivity contribution is 7.20. The summed E-state index contributed by atoms with van der Waals surface area (Å²) in [5.74, 6) is 0.949. The number of phenolic OH excluding ortho intramolecular Hbond substituents is 1. The van der Waals surface area contributed by atoms with E-state index in [2.05, 4.69) is 25.6 Å². The minimum absolute atomic E-state index is 0.0154. The van der Waals surface area contributed by atoms with Gasteiger partial charge in [0, 0.05) is 12.1 Å². The molecule has 0 saturated heterocycles. The molecule has 25 heavy (non-hydrogen) atoms. The van der Waals surface area contributed by atoms with Gasteiger partial charge in [0.25, 0.3) is 0 Å². The number of fused-ring (bicyclic) bond motifs is 1. The van der Waals surface area contributed by atoms with Crippen molar-refractivity contribution in [3.05, 3.63) is 59.1 Å². The van der Waals surface area contributed by atoms with Gasteiger partial charge in [-0.25, -0.2) is 0 Å². The monoisotopic (exact) mass is 372 g/mol. The quantitative estimate of drug-likeness (QED) is 0.566. The maximum absolute atomic E-state index is 9.44. The first-order valence-corrected chi connectivity index (χ1v) is 8.68. The Balaban J connectivity index is 1.65. The molecule has 0 amide bonds. The van der Waals surface area contributed by atoms with Crippen molar-refractivity contribution in [2.24, 2.45) is 0 Å². The first-order chi connectivity index (χ1) is 12.1. The van der Waals surface area contributed by atoms with E-state index in [9.17, 15) is 5.11 Å². The van der Waals surface area contributed by atoms with Crippen molar-refractivity contribution in [3.8, 4) is 5.75 Å². The molecule has 126 valence electrons. The summed E-state index contributed by atoms with van der Waals surface area (Å²) < 4.78 is 1.72. The van der Waals surface area contributed by atoms with Crippen LogP contribution in [0.25, 0.3) is 4.96 Å². The third-order valence-corrected chi connectivity index (χ3v) is 4.77. The van der Waals surface area contributed by atoms with Crippen LogP contribution in [0.5, 0.6) is 5.75 Å². The smallest absolute Gasteiger partial charge is 0.236 e. The fourth-order valence-electron chi connectivity index (χ4n) is 2.47. The maximum Gasteiger partial charge on any atom is 0.236 e. The molecule has 7 nitrogen and oxygen atoms in total. The predicted octanol–water partition coefficient (Wildman–Crippen LogP) is 3.84. The van der Waals surface area contributed by atoms with Gasteiger partial charge in [0.2, 0.25) is 10.1 Å². The van der Waals surface area contributed by atoms with Crippen molar-refractivity contribution in [1.82, 2.24) is 24.8 Å². The van der Waals surface area contributed by atoms with Crippen LogP contribution >= 0.6 is 22.9 Å². The Morgan fingerprint density at radius 2 is 2.00 bits per heavy atom. The molecule has 0 fully saturated rings. The molecule has 0 aliphatic heterocycles. The molecule has 4 aromatic rings. The summed E-state index contributed by atoms with van der Waals surface area (Å²) in [6.45, 7) is 2.02. The van der Waals surface area contributed by atoms with Crippen molar-refractivity contribution in [2.75, 3.05) is 5.32 Å². The normalized spacial score (nSPS) is 12.4. The van der Waals surface area contributed by atoms with E-state index in [0.717, 1.165) is 17.1 Å². The van der Waals surface area contributed by atoms with E-state index < -0.39 is 0 Å². The van der Waals surface area contributed by atoms with E-state index in [-0.39, 0.29) is 11.7 Å². The molecule has 0 radical (unpaired) electrons. The van der Waals surface area contributed by atoms with E-state index in [1.54, 1.807) is 35.1 Å². The molecule has 3 aromatic heterocycles. The molecule has 1 aromatic carbocycles. The third kappa shape index (κ3) is 3.13. The lowest BCUT2D eigenvalue weighted by Crippen LogP contribution is -2.03. The van der Waals surface area contributed by atoms with Gasteiger partial charge in [0.05, 0.1) is 16.9 Å². The Kier molecular flexibility index (Phi) is 3.98. The maximum atomic E-state index is 9.44. The minimum Gasteiger partial charge on any atom is -0.508 e. The zero-order chi connectivity index (χ0) is 17.4. The molecule has 9 heteroatoms. The number of anilines is 2. The fraction of sp³-hybridized carbons (Fsp3) is 0.125. The highest BCUT2D eigenvalue weighted by Gasteiger charge is 2.19. The second kappa shape index (κ2) is 6.30. The second-order valence-electron chi connectivity index (χ2n) is 5.49. The molecular weight excluding hydrogens is 360 g/mol. The van der Waals surface area contributed by atoms with Gasteiger partial charge in [-0.15, -0.1) is 15.3 Å². The Bertz CT molecular complexity index is 1030. The van der Waals surface area contributed by atoms with Gasteiger partial charge in [-0.2, -0.15) is 4.52 Å². The molecular formula is C16H13ClN6OS. The van der Waals surface area contributed by atoms with Gasteiger partial charge in [-0.1, -0.05) is 42.0 Å². The van der Waals surface area contributed by atoms with Crippen LogP contribution in [0.15, 0.2) is 42.7 Å². The number of aromatic hydroxyl groups is 1. The van der Waals surface area contributed by atoms with E-state index in [1.807, 2.05) is 19.1 Å². The number of benzene rings is 1. The molecule has 0 unspecified atom stereocenters. The van der Waals surface area contributed by atoms with Crippen LogP contribution in [0.3, 0.4) is 0 Å². The molecule has 3 heterocycles. The number of rotatable bonds is 4. The molecule has 0 saturated carbocycles. The number of hydrogen-bond acceptors (Lipinski definition) is 7. The molecule has 0 aliphatic carbocycles. The zero-order valence-electron chi connectivity index (χ0n) is 13.1. The van der Waals surface area contributed by atoms with Gasteiger partial charge in [0.15, 0.2) is 5.82 Å². The SMILES string of the molecule is C[C@@H](c1ccc(O)cc1)c1nnc2sc(Nc3cncc(Cl)c3)nn12. The van der Waals surface area contributed by atoms with Gasteiger partial charge >= 0.3 is 0 Å². The Labute approximate surface area is 151 Å². The number of pyridine rings is 1. The molecule has 1 atom stereocenters. The first-order valence-electron chi connectivity index (χ1n) is 7.49. The highest BCUT2D eigenvalue weighted by atomic mass is 35.5. The highest BCUT2D eigenvalue weighted by Crippen LogP contribution is 2.28. The Hall–Kier alpha value is -2.71. The van der Waals surface area contributed by atoms with E-state index >= 15 is 0 Å². The molecule has 2 N–H and O–H groups in total. The summed E-state index contributed by atoms with van der Waals surface area (Å²) in [5.41, 5.74) is 1.78. The molecule has 0 spiro atoms. The summed E-state index contributed by atoms with van der Waals surface area (Å²) in [6.07, 6.45) is 3.25. The van der Waals surface area contributed by atoms with Gasteiger partial charge in [-0.05, 0) is 23.8 Å². The largest absolute Gasteiger partial charge is 0.508 e. The average Bonchev–Trinajstić information content (AvgIpc) is 3.15. The number of phenols is 1. The van der Waals surface area contributed by atoms with Crippen molar-refractivity contribution in [2.45, 2.75) is 12.8 Å². The number of halogens is 1. The van der Waals surface area contributed by atoms with Crippen LogP contribution in [-0.4, -0.2) is 29.9 Å². The summed E-state index contributed by atoms with van der Waals surface area (Å²) in [4.78, 5) is 4.73. The summed E-state index contributed by atoms with van der Waals surface area (Å²) in [7, 11) is 0. The van der Waals surface area contributed by atoms with Crippen molar-refractivity contribution in [3.63, 3.8) is 0 Å². The number of nitrogens with one attached hydrogen (secondary N) is 1. The third-order valence-electron chi connectivity index (χ3n) is 3.75. The van der Waals surface area contributed by atoms with Gasteiger partial charge in [-0.3, -0.25) is 4.98 Å². The van der Waals surface area contributed by atoms with Crippen LogP contribution in [0, 0.1) is 0 Å². The van der Waals surface area contributed by atoms with Gasteiger partial charge < -0.3 is 10.4 Å². The summed E-state index contributed by atoms with van der Waals surface area (Å²) >= 11 is 7.34. The van der Waals surface area contributed by atoms with Crippen LogP contribution in [0.1, 0.15) is 24.2 Å². The molecule has 0 bridgehead atoms. The fourth-order valence-corrected chi connectivity index (χ4v) is 3.41. The lowest BCUT2D eigenvalue weighted by atomic mass is 10.0. The topological polar surface area (TPSA) is 88.2 Å². The minimum atomic E-state index is -0.0154. The number of aromatic nitrogens is 5. The first kappa shape index (κ1) is 15.8. The average molecular weight is 373 g/mol. The Morgan fingerprint density at radius 1 is 1.20 bits per heavy atom. The Morgan fingerprint density at radius 3 is 2.76 bits per heavy atom. The van der Waals surface area contributed by atoms with Crippen molar-refractivity contribution in [1.29, 1.82) is 0 Å². The predicted molar refractivity (Wildman–Crippen MR) is 96.8 cm³/mol. The lowest BCUT2D eigenvalue weighted by molar-refractivity contribution is 0.475. The second-order valence-corrected chi connectivity index (χ2v) is 6.88. The van der Waals surface area contributed by atoms with E-state index in [4.69, 9.17) is 11.6 Å².